The Morgan fingerprint density at radius 1 is 1.21 bits per heavy atom. The average molecular weight is 387 g/mol. The highest BCUT2D eigenvalue weighted by Crippen LogP contribution is 2.22. The first kappa shape index (κ1) is 19.1. The van der Waals surface area contributed by atoms with Crippen LogP contribution in [0.4, 0.5) is 0 Å². The van der Waals surface area contributed by atoms with Gasteiger partial charge in [0, 0.05) is 69.7 Å². The smallest absolute Gasteiger partial charge is 0.274 e. The van der Waals surface area contributed by atoms with Crippen LogP contribution in [0.2, 0.25) is 0 Å². The maximum absolute atomic E-state index is 12.8. The first-order chi connectivity index (χ1) is 13.6. The molecule has 0 unspecified atom stereocenters. The Morgan fingerprint density at radius 3 is 2.82 bits per heavy atom. The molecular formula is C20H30N6O2. The molecule has 8 nitrogen and oxygen atoms in total. The number of aromatic nitrogens is 4. The van der Waals surface area contributed by atoms with Crippen LogP contribution in [0.15, 0.2) is 6.07 Å². The van der Waals surface area contributed by atoms with E-state index in [0.29, 0.717) is 12.3 Å². The third-order valence-corrected chi connectivity index (χ3v) is 5.86. The van der Waals surface area contributed by atoms with E-state index in [0.717, 1.165) is 70.1 Å². The number of amides is 1. The maximum atomic E-state index is 12.8. The molecule has 0 aliphatic carbocycles. The number of fused-ring (bicyclic) bond motifs is 1. The highest BCUT2D eigenvalue weighted by molar-refractivity contribution is 5.92. The Bertz CT molecular complexity index is 836. The molecule has 0 atom stereocenters. The van der Waals surface area contributed by atoms with E-state index in [1.54, 1.807) is 4.68 Å². The van der Waals surface area contributed by atoms with E-state index in [1.165, 1.54) is 11.3 Å². The third kappa shape index (κ3) is 3.71. The van der Waals surface area contributed by atoms with Crippen molar-refractivity contribution in [2.24, 2.45) is 7.05 Å². The molecule has 0 saturated carbocycles. The van der Waals surface area contributed by atoms with Gasteiger partial charge in [0.25, 0.3) is 5.91 Å². The Hall–Kier alpha value is -2.19. The van der Waals surface area contributed by atoms with Crippen molar-refractivity contribution in [2.75, 3.05) is 32.8 Å². The zero-order chi connectivity index (χ0) is 19.7. The van der Waals surface area contributed by atoms with Crippen molar-refractivity contribution < 1.29 is 9.53 Å². The summed E-state index contributed by atoms with van der Waals surface area (Å²) in [4.78, 5) is 17.2. The van der Waals surface area contributed by atoms with Gasteiger partial charge in [-0.3, -0.25) is 19.1 Å². The molecule has 1 saturated heterocycles. The molecule has 0 radical (unpaired) electrons. The summed E-state index contributed by atoms with van der Waals surface area (Å²) in [6.07, 6.45) is 1.91. The summed E-state index contributed by atoms with van der Waals surface area (Å²) in [6.45, 7) is 10.6. The van der Waals surface area contributed by atoms with Crippen molar-refractivity contribution in [1.82, 2.24) is 29.4 Å². The van der Waals surface area contributed by atoms with E-state index >= 15 is 0 Å². The van der Waals surface area contributed by atoms with Gasteiger partial charge in [0.2, 0.25) is 0 Å². The molecule has 2 aliphatic heterocycles. The van der Waals surface area contributed by atoms with Gasteiger partial charge in [0.05, 0.1) is 18.9 Å². The first-order valence-corrected chi connectivity index (χ1v) is 10.2. The maximum Gasteiger partial charge on any atom is 0.274 e. The standard InChI is InChI=1S/C20H30N6O2/c1-4-26-19-6-11-28-14-16(19)18(22-26)13-24-7-5-8-25(10-9-24)20(27)17-12-15(2)23(3)21-17/h12H,4-11,13-14H2,1-3H3. The van der Waals surface area contributed by atoms with Crippen LogP contribution in [-0.4, -0.2) is 68.1 Å². The molecule has 1 amide bonds. The fourth-order valence-corrected chi connectivity index (χ4v) is 4.14. The van der Waals surface area contributed by atoms with Crippen LogP contribution in [-0.2, 0) is 37.9 Å². The Kier molecular flexibility index (Phi) is 5.50. The molecule has 0 aromatic carbocycles. The van der Waals surface area contributed by atoms with Gasteiger partial charge < -0.3 is 9.64 Å². The first-order valence-electron chi connectivity index (χ1n) is 10.2. The minimum atomic E-state index is 0.0339. The molecule has 8 heteroatoms. The van der Waals surface area contributed by atoms with Gasteiger partial charge in [0.1, 0.15) is 0 Å². The summed E-state index contributed by atoms with van der Waals surface area (Å²) < 4.78 is 9.57. The summed E-state index contributed by atoms with van der Waals surface area (Å²) in [5, 5.41) is 9.20. The molecule has 4 heterocycles. The predicted molar refractivity (Wildman–Crippen MR) is 105 cm³/mol. The van der Waals surface area contributed by atoms with E-state index in [2.05, 4.69) is 21.6 Å². The summed E-state index contributed by atoms with van der Waals surface area (Å²) in [5.41, 5.74) is 5.28. The van der Waals surface area contributed by atoms with Gasteiger partial charge in [-0.25, -0.2) is 0 Å². The Balaban J connectivity index is 1.42. The van der Waals surface area contributed by atoms with Crippen LogP contribution in [0.25, 0.3) is 0 Å². The second-order valence-electron chi connectivity index (χ2n) is 7.71. The molecule has 0 N–H and O–H groups in total. The van der Waals surface area contributed by atoms with Crippen LogP contribution < -0.4 is 0 Å². The van der Waals surface area contributed by atoms with E-state index in [9.17, 15) is 4.79 Å². The van der Waals surface area contributed by atoms with Crippen molar-refractivity contribution in [3.05, 3.63) is 34.4 Å². The Morgan fingerprint density at radius 2 is 2.07 bits per heavy atom. The van der Waals surface area contributed by atoms with Crippen LogP contribution in [0, 0.1) is 6.92 Å². The number of carbonyl (C=O) groups is 1. The zero-order valence-corrected chi connectivity index (χ0v) is 17.1. The number of hydrogen-bond acceptors (Lipinski definition) is 5. The van der Waals surface area contributed by atoms with Crippen molar-refractivity contribution in [2.45, 2.75) is 46.4 Å². The number of hydrogen-bond donors (Lipinski definition) is 0. The monoisotopic (exact) mass is 386 g/mol. The summed E-state index contributed by atoms with van der Waals surface area (Å²) in [5.74, 6) is 0.0339. The van der Waals surface area contributed by atoms with E-state index < -0.39 is 0 Å². The number of aryl methyl sites for hydroxylation is 3. The number of ether oxygens (including phenoxy) is 1. The molecule has 0 bridgehead atoms. The van der Waals surface area contributed by atoms with Crippen molar-refractivity contribution in [3.8, 4) is 0 Å². The zero-order valence-electron chi connectivity index (χ0n) is 17.1. The van der Waals surface area contributed by atoms with Gasteiger partial charge in [0.15, 0.2) is 5.69 Å². The number of rotatable bonds is 4. The normalized spacial score (nSPS) is 18.2. The van der Waals surface area contributed by atoms with Gasteiger partial charge in [-0.1, -0.05) is 0 Å². The molecule has 2 aromatic rings. The Labute approximate surface area is 166 Å². The minimum Gasteiger partial charge on any atom is -0.376 e. The quantitative estimate of drug-likeness (QED) is 0.794. The number of carbonyl (C=O) groups excluding carboxylic acids is 1. The van der Waals surface area contributed by atoms with Gasteiger partial charge in [-0.2, -0.15) is 10.2 Å². The van der Waals surface area contributed by atoms with Crippen LogP contribution in [0.3, 0.4) is 0 Å². The fourth-order valence-electron chi connectivity index (χ4n) is 4.14. The summed E-state index contributed by atoms with van der Waals surface area (Å²) >= 11 is 0. The second kappa shape index (κ2) is 8.05. The largest absolute Gasteiger partial charge is 0.376 e. The molecule has 0 spiro atoms. The van der Waals surface area contributed by atoms with Gasteiger partial charge in [-0.05, 0) is 26.3 Å². The van der Waals surface area contributed by atoms with Crippen LogP contribution in [0.1, 0.15) is 46.5 Å². The minimum absolute atomic E-state index is 0.0339. The molecule has 152 valence electrons. The molecule has 4 rings (SSSR count). The number of nitrogens with zero attached hydrogens (tertiary/aromatic N) is 6. The summed E-state index contributed by atoms with van der Waals surface area (Å²) in [7, 11) is 1.87. The van der Waals surface area contributed by atoms with Gasteiger partial charge >= 0.3 is 0 Å². The topological polar surface area (TPSA) is 68.4 Å². The highest BCUT2D eigenvalue weighted by Gasteiger charge is 2.25. The highest BCUT2D eigenvalue weighted by atomic mass is 16.5. The lowest BCUT2D eigenvalue weighted by molar-refractivity contribution is 0.0754. The SMILES string of the molecule is CCn1nc(CN2CCCN(C(=O)c3cc(C)n(C)n3)CC2)c2c1CCOC2. The second-order valence-corrected chi connectivity index (χ2v) is 7.71. The van der Waals surface area contributed by atoms with Crippen molar-refractivity contribution in [3.63, 3.8) is 0 Å². The van der Waals surface area contributed by atoms with E-state index in [-0.39, 0.29) is 5.91 Å². The van der Waals surface area contributed by atoms with Crippen molar-refractivity contribution >= 4 is 5.91 Å². The third-order valence-electron chi connectivity index (χ3n) is 5.86. The molecule has 2 aromatic heterocycles. The lowest BCUT2D eigenvalue weighted by Gasteiger charge is -2.21. The predicted octanol–water partition coefficient (Wildman–Crippen LogP) is 1.37. The average Bonchev–Trinajstić information content (AvgIpc) is 3.12. The molecule has 2 aliphatic rings. The lowest BCUT2D eigenvalue weighted by atomic mass is 10.1. The molecular weight excluding hydrogens is 356 g/mol. The molecule has 1 fully saturated rings. The molecule has 28 heavy (non-hydrogen) atoms. The summed E-state index contributed by atoms with van der Waals surface area (Å²) in [6, 6.07) is 1.87. The van der Waals surface area contributed by atoms with Crippen LogP contribution in [0.5, 0.6) is 0 Å². The fraction of sp³-hybridized carbons (Fsp3) is 0.650. The van der Waals surface area contributed by atoms with Gasteiger partial charge in [-0.15, -0.1) is 0 Å². The van der Waals surface area contributed by atoms with E-state index in [1.807, 2.05) is 24.9 Å². The van der Waals surface area contributed by atoms with Crippen molar-refractivity contribution in [1.29, 1.82) is 0 Å². The lowest BCUT2D eigenvalue weighted by Crippen LogP contribution is -2.35. The van der Waals surface area contributed by atoms with E-state index in [4.69, 9.17) is 9.84 Å². The van der Waals surface area contributed by atoms with Crippen LogP contribution >= 0.6 is 0 Å².